The van der Waals surface area contributed by atoms with Crippen molar-refractivity contribution in [2.24, 2.45) is 0 Å². The van der Waals surface area contributed by atoms with Crippen LogP contribution in [0.4, 0.5) is 5.69 Å². The van der Waals surface area contributed by atoms with Gasteiger partial charge in [0.15, 0.2) is 0 Å². The van der Waals surface area contributed by atoms with Crippen LogP contribution in [0.15, 0.2) is 24.3 Å². The Kier molecular flexibility index (Phi) is 4.39. The van der Waals surface area contributed by atoms with Crippen LogP contribution in [0.1, 0.15) is 47.0 Å². The van der Waals surface area contributed by atoms with Crippen molar-refractivity contribution in [1.29, 1.82) is 0 Å². The number of para-hydroxylation sites is 1. The number of benzene rings is 1. The van der Waals surface area contributed by atoms with E-state index in [0.29, 0.717) is 0 Å². The predicted molar refractivity (Wildman–Crippen MR) is 69.8 cm³/mol. The molecule has 0 aliphatic carbocycles. The van der Waals surface area contributed by atoms with Crippen molar-refractivity contribution < 1.29 is 18.9 Å². The first-order valence-electron chi connectivity index (χ1n) is 6.21. The van der Waals surface area contributed by atoms with Crippen molar-refractivity contribution in [3.8, 4) is 0 Å². The van der Waals surface area contributed by atoms with Gasteiger partial charge in [-0.3, -0.25) is 0 Å². The predicted octanol–water partition coefficient (Wildman–Crippen LogP) is 1.04. The Hall–Kier alpha value is -0.383. The minimum atomic E-state index is 0. The molecule has 1 aliphatic heterocycles. The Bertz CT molecular complexity index is 340. The largest absolute Gasteiger partial charge is 1.00 e. The molecule has 1 aliphatic rings. The molecule has 0 saturated carbocycles. The molecule has 1 aromatic rings. The quantitative estimate of drug-likeness (QED) is 0.508. The average molecular weight is 223 g/mol. The van der Waals surface area contributed by atoms with Crippen LogP contribution in [0.3, 0.4) is 0 Å². The summed E-state index contributed by atoms with van der Waals surface area (Å²) < 4.78 is 0. The average Bonchev–Trinajstić information content (AvgIpc) is 2.16. The molecule has 1 aromatic carbocycles. The summed E-state index contributed by atoms with van der Waals surface area (Å²) in [6.45, 7) is 9.37. The van der Waals surface area contributed by atoms with Crippen LogP contribution < -0.4 is 23.8 Å². The van der Waals surface area contributed by atoms with E-state index in [1.807, 2.05) is 12.1 Å². The molecule has 0 aromatic heterocycles. The fourth-order valence-corrected chi connectivity index (χ4v) is 3.17. The standard InChI is InChI=1S/C15H22N.Li/c1-14(2)11-8-12-15(3,4)16(14)13-9-6-5-7-10-13;/h5-7,9H,8,11-12H2,1-4H3;/q-1;+1. The van der Waals surface area contributed by atoms with Crippen molar-refractivity contribution in [3.63, 3.8) is 0 Å². The van der Waals surface area contributed by atoms with E-state index in [1.165, 1.54) is 24.9 Å². The van der Waals surface area contributed by atoms with Crippen LogP contribution in [0.25, 0.3) is 0 Å². The first-order chi connectivity index (χ1) is 7.43. The van der Waals surface area contributed by atoms with Crippen molar-refractivity contribution >= 4 is 5.69 Å². The van der Waals surface area contributed by atoms with E-state index < -0.39 is 0 Å². The SMILES string of the molecule is CC1(C)CCCC(C)(C)N1c1[c-]cccc1.[Li+]. The third-order valence-electron chi connectivity index (χ3n) is 3.72. The summed E-state index contributed by atoms with van der Waals surface area (Å²) in [4.78, 5) is 2.55. The summed E-state index contributed by atoms with van der Waals surface area (Å²) in [7, 11) is 0. The van der Waals surface area contributed by atoms with Crippen molar-refractivity contribution in [2.75, 3.05) is 4.90 Å². The monoisotopic (exact) mass is 223 g/mol. The second-order valence-corrected chi connectivity index (χ2v) is 6.06. The van der Waals surface area contributed by atoms with E-state index >= 15 is 0 Å². The van der Waals surface area contributed by atoms with Gasteiger partial charge in [0.25, 0.3) is 0 Å². The van der Waals surface area contributed by atoms with Gasteiger partial charge in [-0.25, -0.2) is 0 Å². The molecule has 17 heavy (non-hydrogen) atoms. The van der Waals surface area contributed by atoms with Crippen molar-refractivity contribution in [3.05, 3.63) is 30.3 Å². The Morgan fingerprint density at radius 1 is 1.06 bits per heavy atom. The van der Waals surface area contributed by atoms with Crippen LogP contribution in [0.2, 0.25) is 0 Å². The first kappa shape index (κ1) is 14.7. The summed E-state index contributed by atoms with van der Waals surface area (Å²) >= 11 is 0. The van der Waals surface area contributed by atoms with Gasteiger partial charge < -0.3 is 4.90 Å². The molecule has 1 saturated heterocycles. The van der Waals surface area contributed by atoms with E-state index in [0.717, 1.165) is 0 Å². The Morgan fingerprint density at radius 3 is 2.12 bits per heavy atom. The van der Waals surface area contributed by atoms with Gasteiger partial charge >= 0.3 is 18.9 Å². The fourth-order valence-electron chi connectivity index (χ4n) is 3.17. The summed E-state index contributed by atoms with van der Waals surface area (Å²) in [5, 5.41) is 0. The molecule has 0 bridgehead atoms. The number of hydrogen-bond acceptors (Lipinski definition) is 1. The summed E-state index contributed by atoms with van der Waals surface area (Å²) in [6, 6.07) is 11.7. The third kappa shape index (κ3) is 2.90. The summed E-state index contributed by atoms with van der Waals surface area (Å²) in [5.41, 5.74) is 1.70. The van der Waals surface area contributed by atoms with Crippen molar-refractivity contribution in [1.82, 2.24) is 0 Å². The molecule has 0 N–H and O–H groups in total. The van der Waals surface area contributed by atoms with Gasteiger partial charge in [-0.15, -0.1) is 6.07 Å². The number of anilines is 1. The van der Waals surface area contributed by atoms with Gasteiger partial charge in [-0.1, -0.05) is 5.69 Å². The molecular formula is C15H22LiN. The maximum Gasteiger partial charge on any atom is 1.00 e. The summed E-state index contributed by atoms with van der Waals surface area (Å²) in [6.07, 6.45) is 3.85. The minimum Gasteiger partial charge on any atom is -0.384 e. The molecule has 1 nitrogen and oxygen atoms in total. The van der Waals surface area contributed by atoms with E-state index in [9.17, 15) is 0 Å². The molecule has 88 valence electrons. The van der Waals surface area contributed by atoms with Crippen molar-refractivity contribution in [2.45, 2.75) is 58.0 Å². The van der Waals surface area contributed by atoms with Gasteiger partial charge in [0.05, 0.1) is 0 Å². The normalized spacial score (nSPS) is 21.8. The molecule has 2 rings (SSSR count). The molecule has 2 heteroatoms. The Labute approximate surface area is 118 Å². The van der Waals surface area contributed by atoms with Crippen LogP contribution >= 0.6 is 0 Å². The molecule has 0 amide bonds. The number of hydrogen-bond donors (Lipinski definition) is 0. The zero-order chi connectivity index (χ0) is 11.8. The van der Waals surface area contributed by atoms with E-state index in [1.54, 1.807) is 0 Å². The second-order valence-electron chi connectivity index (χ2n) is 6.06. The van der Waals surface area contributed by atoms with Crippen LogP contribution in [-0.2, 0) is 0 Å². The first-order valence-corrected chi connectivity index (χ1v) is 6.21. The van der Waals surface area contributed by atoms with E-state index in [2.05, 4.69) is 50.8 Å². The van der Waals surface area contributed by atoms with Crippen LogP contribution in [0, 0.1) is 6.07 Å². The minimum absolute atomic E-state index is 0. The molecule has 0 atom stereocenters. The summed E-state index contributed by atoms with van der Waals surface area (Å²) in [5.74, 6) is 0. The maximum atomic E-state index is 3.38. The molecule has 1 fully saturated rings. The van der Waals surface area contributed by atoms with Gasteiger partial charge in [0.1, 0.15) is 0 Å². The molecular weight excluding hydrogens is 201 g/mol. The number of nitrogens with zero attached hydrogens (tertiary/aromatic N) is 1. The van der Waals surface area contributed by atoms with Gasteiger partial charge in [0, 0.05) is 11.1 Å². The third-order valence-corrected chi connectivity index (χ3v) is 3.72. The number of piperidine rings is 1. The molecule has 1 heterocycles. The fraction of sp³-hybridized carbons (Fsp3) is 0.600. The topological polar surface area (TPSA) is 3.24 Å². The zero-order valence-electron chi connectivity index (χ0n) is 11.9. The Morgan fingerprint density at radius 2 is 1.65 bits per heavy atom. The maximum absolute atomic E-state index is 3.38. The van der Waals surface area contributed by atoms with Crippen LogP contribution in [0.5, 0.6) is 0 Å². The zero-order valence-corrected chi connectivity index (χ0v) is 11.9. The second kappa shape index (κ2) is 5.08. The van der Waals surface area contributed by atoms with E-state index in [-0.39, 0.29) is 29.9 Å². The van der Waals surface area contributed by atoms with Gasteiger partial charge in [0.2, 0.25) is 0 Å². The molecule has 0 radical (unpaired) electrons. The Balaban J connectivity index is 0.00000144. The van der Waals surface area contributed by atoms with Crippen LogP contribution in [-0.4, -0.2) is 11.1 Å². The van der Waals surface area contributed by atoms with Gasteiger partial charge in [-0.05, 0) is 47.0 Å². The molecule has 0 unspecified atom stereocenters. The smallest absolute Gasteiger partial charge is 0.384 e. The molecule has 0 spiro atoms. The number of rotatable bonds is 1. The van der Waals surface area contributed by atoms with E-state index in [4.69, 9.17) is 0 Å². The van der Waals surface area contributed by atoms with Gasteiger partial charge in [-0.2, -0.15) is 24.3 Å².